The minimum atomic E-state index is -0.207. The molecule has 0 atom stereocenters. The van der Waals surface area contributed by atoms with Crippen LogP contribution in [0.15, 0.2) is 48.9 Å². The molecule has 0 spiro atoms. The van der Waals surface area contributed by atoms with Gasteiger partial charge in [0.2, 0.25) is 0 Å². The Morgan fingerprint density at radius 1 is 1.26 bits per heavy atom. The fourth-order valence-corrected chi connectivity index (χ4v) is 2.11. The number of H-pyrrole nitrogens is 1. The zero-order chi connectivity index (χ0) is 13.2. The molecule has 0 saturated carbocycles. The van der Waals surface area contributed by atoms with Crippen LogP contribution in [-0.2, 0) is 0 Å². The topological polar surface area (TPSA) is 57.8 Å². The van der Waals surface area contributed by atoms with E-state index >= 15 is 0 Å². The molecule has 5 heteroatoms. The van der Waals surface area contributed by atoms with Crippen LogP contribution in [0, 0.1) is 0 Å². The molecule has 0 radical (unpaired) electrons. The minimum Gasteiger partial charge on any atom is -0.361 e. The van der Waals surface area contributed by atoms with E-state index in [1.54, 1.807) is 24.5 Å². The lowest BCUT2D eigenvalue weighted by Gasteiger charge is -2.07. The second-order valence-corrected chi connectivity index (χ2v) is 4.46. The summed E-state index contributed by atoms with van der Waals surface area (Å²) in [6.07, 6.45) is 4.88. The summed E-state index contributed by atoms with van der Waals surface area (Å²) < 4.78 is 0. The number of amides is 1. The van der Waals surface area contributed by atoms with Gasteiger partial charge in [0.25, 0.3) is 5.91 Å². The van der Waals surface area contributed by atoms with Crippen molar-refractivity contribution in [2.24, 2.45) is 0 Å². The molecule has 2 aromatic heterocycles. The van der Waals surface area contributed by atoms with Crippen molar-refractivity contribution in [3.8, 4) is 0 Å². The van der Waals surface area contributed by atoms with Crippen molar-refractivity contribution in [2.45, 2.75) is 0 Å². The van der Waals surface area contributed by atoms with E-state index in [0.717, 1.165) is 10.9 Å². The summed E-state index contributed by atoms with van der Waals surface area (Å²) in [5, 5.41) is 4.18. The number of halogens is 1. The lowest BCUT2D eigenvalue weighted by atomic mass is 10.1. The summed E-state index contributed by atoms with van der Waals surface area (Å²) in [4.78, 5) is 19.2. The van der Waals surface area contributed by atoms with Gasteiger partial charge in [-0.1, -0.05) is 23.7 Å². The van der Waals surface area contributed by atoms with Crippen LogP contribution >= 0.6 is 11.6 Å². The summed E-state index contributed by atoms with van der Waals surface area (Å²) in [5.41, 5.74) is 1.94. The van der Waals surface area contributed by atoms with Crippen molar-refractivity contribution in [1.82, 2.24) is 9.97 Å². The highest BCUT2D eigenvalue weighted by molar-refractivity contribution is 6.33. The van der Waals surface area contributed by atoms with Gasteiger partial charge in [-0.25, -0.2) is 0 Å². The highest BCUT2D eigenvalue weighted by Gasteiger charge is 2.12. The SMILES string of the molecule is O=C(Nc1ccncc1Cl)c1cccc2cc[nH]c12. The standard InChI is InChI=1S/C14H10ClN3O/c15-11-8-16-6-5-12(11)18-14(19)10-3-1-2-9-4-7-17-13(9)10/h1-8,17H,(H,16,18,19). The summed E-state index contributed by atoms with van der Waals surface area (Å²) in [6, 6.07) is 9.14. The van der Waals surface area contributed by atoms with Crippen LogP contribution in [-0.4, -0.2) is 15.9 Å². The van der Waals surface area contributed by atoms with Crippen LogP contribution in [0.2, 0.25) is 5.02 Å². The summed E-state index contributed by atoms with van der Waals surface area (Å²) in [7, 11) is 0. The monoisotopic (exact) mass is 271 g/mol. The molecule has 0 aliphatic carbocycles. The van der Waals surface area contributed by atoms with Gasteiger partial charge in [-0.2, -0.15) is 0 Å². The van der Waals surface area contributed by atoms with E-state index in [4.69, 9.17) is 11.6 Å². The van der Waals surface area contributed by atoms with Crippen molar-refractivity contribution >= 4 is 34.1 Å². The van der Waals surface area contributed by atoms with Crippen molar-refractivity contribution in [2.75, 3.05) is 5.32 Å². The molecule has 4 nitrogen and oxygen atoms in total. The fourth-order valence-electron chi connectivity index (χ4n) is 1.94. The quantitative estimate of drug-likeness (QED) is 0.750. The lowest BCUT2D eigenvalue weighted by Crippen LogP contribution is -2.12. The van der Waals surface area contributed by atoms with Gasteiger partial charge in [0.1, 0.15) is 0 Å². The van der Waals surface area contributed by atoms with Gasteiger partial charge < -0.3 is 10.3 Å². The normalized spacial score (nSPS) is 10.6. The van der Waals surface area contributed by atoms with Crippen LogP contribution in [0.5, 0.6) is 0 Å². The largest absolute Gasteiger partial charge is 0.361 e. The number of hydrogen-bond donors (Lipinski definition) is 2. The predicted molar refractivity (Wildman–Crippen MR) is 75.5 cm³/mol. The molecule has 1 amide bonds. The minimum absolute atomic E-state index is 0.207. The molecule has 94 valence electrons. The van der Waals surface area contributed by atoms with E-state index in [1.165, 1.54) is 6.20 Å². The Labute approximate surface area is 114 Å². The van der Waals surface area contributed by atoms with Crippen molar-refractivity contribution in [3.63, 3.8) is 0 Å². The zero-order valence-electron chi connectivity index (χ0n) is 9.85. The number of fused-ring (bicyclic) bond motifs is 1. The van der Waals surface area contributed by atoms with Crippen LogP contribution < -0.4 is 5.32 Å². The number of pyridine rings is 1. The van der Waals surface area contributed by atoms with Crippen molar-refractivity contribution < 1.29 is 4.79 Å². The van der Waals surface area contributed by atoms with E-state index in [1.807, 2.05) is 18.2 Å². The number of nitrogens with one attached hydrogen (secondary N) is 2. The molecule has 0 fully saturated rings. The Morgan fingerprint density at radius 3 is 3.00 bits per heavy atom. The molecule has 0 aliphatic rings. The molecule has 0 bridgehead atoms. The van der Waals surface area contributed by atoms with Crippen molar-refractivity contribution in [3.05, 3.63) is 59.5 Å². The Kier molecular flexibility index (Phi) is 2.93. The van der Waals surface area contributed by atoms with E-state index in [2.05, 4.69) is 15.3 Å². The second kappa shape index (κ2) is 4.74. The van der Waals surface area contributed by atoms with Crippen LogP contribution in [0.4, 0.5) is 5.69 Å². The van der Waals surface area contributed by atoms with Crippen molar-refractivity contribution in [1.29, 1.82) is 0 Å². The number of para-hydroxylation sites is 1. The number of aromatic amines is 1. The smallest absolute Gasteiger partial charge is 0.257 e. The Bertz CT molecular complexity index is 751. The molecular formula is C14H10ClN3O. The molecule has 2 N–H and O–H groups in total. The molecule has 0 unspecified atom stereocenters. The van der Waals surface area contributed by atoms with Gasteiger partial charge >= 0.3 is 0 Å². The fraction of sp³-hybridized carbons (Fsp3) is 0. The number of nitrogens with zero attached hydrogens (tertiary/aromatic N) is 1. The number of hydrogen-bond acceptors (Lipinski definition) is 2. The van der Waals surface area contributed by atoms with Gasteiger partial charge in [0, 0.05) is 24.0 Å². The number of aromatic nitrogens is 2. The average Bonchev–Trinajstić information content (AvgIpc) is 2.89. The lowest BCUT2D eigenvalue weighted by molar-refractivity contribution is 0.102. The summed E-state index contributed by atoms with van der Waals surface area (Å²) >= 11 is 5.97. The molecule has 3 aromatic rings. The van der Waals surface area contributed by atoms with E-state index in [-0.39, 0.29) is 5.91 Å². The predicted octanol–water partition coefficient (Wildman–Crippen LogP) is 3.47. The number of rotatable bonds is 2. The number of carbonyl (C=O) groups is 1. The van der Waals surface area contributed by atoms with Gasteiger partial charge in [-0.3, -0.25) is 9.78 Å². The first-order chi connectivity index (χ1) is 9.25. The van der Waals surface area contributed by atoms with Crippen LogP contribution in [0.1, 0.15) is 10.4 Å². The maximum absolute atomic E-state index is 12.3. The molecule has 1 aromatic carbocycles. The molecule has 19 heavy (non-hydrogen) atoms. The number of benzene rings is 1. The summed E-state index contributed by atoms with van der Waals surface area (Å²) in [5.74, 6) is -0.207. The van der Waals surface area contributed by atoms with E-state index in [9.17, 15) is 4.79 Å². The Morgan fingerprint density at radius 2 is 2.16 bits per heavy atom. The van der Waals surface area contributed by atoms with Gasteiger partial charge in [0.15, 0.2) is 0 Å². The van der Waals surface area contributed by atoms with Crippen LogP contribution in [0.3, 0.4) is 0 Å². The number of carbonyl (C=O) groups excluding carboxylic acids is 1. The van der Waals surface area contributed by atoms with E-state index < -0.39 is 0 Å². The average molecular weight is 272 g/mol. The Balaban J connectivity index is 1.97. The van der Waals surface area contributed by atoms with Crippen LogP contribution in [0.25, 0.3) is 10.9 Å². The third kappa shape index (κ3) is 2.18. The third-order valence-corrected chi connectivity index (χ3v) is 3.15. The highest BCUT2D eigenvalue weighted by Crippen LogP contribution is 2.22. The molecule has 3 rings (SSSR count). The maximum atomic E-state index is 12.3. The molecular weight excluding hydrogens is 262 g/mol. The third-order valence-electron chi connectivity index (χ3n) is 2.85. The first kappa shape index (κ1) is 11.7. The second-order valence-electron chi connectivity index (χ2n) is 4.06. The zero-order valence-corrected chi connectivity index (χ0v) is 10.6. The summed E-state index contributed by atoms with van der Waals surface area (Å²) in [6.45, 7) is 0. The van der Waals surface area contributed by atoms with Gasteiger partial charge in [0.05, 0.1) is 21.8 Å². The molecule has 2 heterocycles. The number of anilines is 1. The first-order valence-electron chi connectivity index (χ1n) is 5.72. The molecule has 0 saturated heterocycles. The van der Waals surface area contributed by atoms with E-state index in [0.29, 0.717) is 16.3 Å². The highest BCUT2D eigenvalue weighted by atomic mass is 35.5. The van der Waals surface area contributed by atoms with Gasteiger partial charge in [-0.05, 0) is 18.2 Å². The Hall–Kier alpha value is -2.33. The maximum Gasteiger partial charge on any atom is 0.257 e. The first-order valence-corrected chi connectivity index (χ1v) is 6.10. The van der Waals surface area contributed by atoms with Gasteiger partial charge in [-0.15, -0.1) is 0 Å². The molecule has 0 aliphatic heterocycles.